The minimum atomic E-state index is 1.62. The SMILES string of the molecule is C#CC#CC#CC#CC#CC#CC#CC#CC#CC#CC#CC#CC#CC#CC#CC#CC#CC#CC#CC#CC#N. The number of nitriles is 1. The standard InChI is InChI=1S/C41HN/c1-2-3-4-5-6-7-8-9-10-11-12-13-14-15-16-17-18-19-20-21-22-23-24-25-26-27-28-29-30-31-32-33-34-35-36-37-38-39-40-41-42/h1H. The summed E-state index contributed by atoms with van der Waals surface area (Å²) in [5, 5.41) is 8.17. The van der Waals surface area contributed by atoms with Crippen LogP contribution in [0.15, 0.2) is 0 Å². The molecule has 42 heavy (non-hydrogen) atoms. The first-order valence-electron chi connectivity index (χ1n) is 10.3. The number of rotatable bonds is 0. The summed E-state index contributed by atoms with van der Waals surface area (Å²) < 4.78 is 0. The Morgan fingerprint density at radius 2 is 0.310 bits per heavy atom. The van der Waals surface area contributed by atoms with Gasteiger partial charge in [0.05, 0.1) is 0 Å². The van der Waals surface area contributed by atoms with Gasteiger partial charge in [0, 0.05) is 184 Å². The second kappa shape index (κ2) is 31.7. The lowest BCUT2D eigenvalue weighted by Gasteiger charge is -1.57. The van der Waals surface area contributed by atoms with Gasteiger partial charge in [-0.05, 0) is 47.4 Å². The molecule has 0 saturated carbocycles. The normalized spacial score (nSPS) is 3.86. The predicted molar refractivity (Wildman–Crippen MR) is 162 cm³/mol. The summed E-state index contributed by atoms with van der Waals surface area (Å²) in [4.78, 5) is 0. The first-order valence-corrected chi connectivity index (χ1v) is 10.3. The highest BCUT2D eigenvalue weighted by molar-refractivity contribution is 5.50. The Morgan fingerprint density at radius 1 is 0.190 bits per heavy atom. The maximum absolute atomic E-state index is 8.17. The largest absolute Gasteiger partial charge is 0.183 e. The van der Waals surface area contributed by atoms with Gasteiger partial charge in [0.1, 0.15) is 0 Å². The molecule has 0 rings (SSSR count). The van der Waals surface area contributed by atoms with E-state index in [2.05, 4.69) is 231 Å². The molecule has 0 atom stereocenters. The first-order chi connectivity index (χ1) is 20.9. The molecule has 0 bridgehead atoms. The summed E-state index contributed by atoms with van der Waals surface area (Å²) in [7, 11) is 0. The molecule has 1 nitrogen and oxygen atoms in total. The topological polar surface area (TPSA) is 23.8 Å². The average Bonchev–Trinajstić information content (AvgIpc) is 3.00. The molecule has 0 aromatic carbocycles. The molecule has 0 fully saturated rings. The van der Waals surface area contributed by atoms with Crippen LogP contribution in [0.5, 0.6) is 0 Å². The number of hydrogen-bond donors (Lipinski definition) is 0. The second-order valence-electron chi connectivity index (χ2n) is 5.01. The summed E-state index contributed by atoms with van der Waals surface area (Å²) in [5.41, 5.74) is 0. The van der Waals surface area contributed by atoms with Crippen molar-refractivity contribution >= 4 is 0 Å². The zero-order valence-electron chi connectivity index (χ0n) is 21.0. The molecular formula is C41HN. The fourth-order valence-corrected chi connectivity index (χ4v) is 1.19. The quantitative estimate of drug-likeness (QED) is 0.431. The molecule has 0 aliphatic heterocycles. The predicted octanol–water partition coefficient (Wildman–Crippen LogP) is 0.208. The highest BCUT2D eigenvalue weighted by Gasteiger charge is 1.61. The smallest absolute Gasteiger partial charge is 0.153 e. The molecule has 0 unspecified atom stereocenters. The van der Waals surface area contributed by atoms with Crippen molar-refractivity contribution in [2.45, 2.75) is 0 Å². The van der Waals surface area contributed by atoms with E-state index < -0.39 is 0 Å². The van der Waals surface area contributed by atoms with Crippen LogP contribution < -0.4 is 0 Å². The van der Waals surface area contributed by atoms with E-state index in [1.54, 1.807) is 6.07 Å². The monoisotopic (exact) mass is 507 g/mol. The van der Waals surface area contributed by atoms with Crippen LogP contribution in [-0.2, 0) is 0 Å². The van der Waals surface area contributed by atoms with Crippen molar-refractivity contribution in [3.8, 4) is 243 Å². The number of terminal acetylenes is 1. The van der Waals surface area contributed by atoms with Crippen LogP contribution in [0.3, 0.4) is 0 Å². The van der Waals surface area contributed by atoms with E-state index in [1.807, 2.05) is 0 Å². The first kappa shape index (κ1) is 32.7. The highest BCUT2D eigenvalue weighted by atomic mass is 14.2. The molecule has 1 heteroatoms. The van der Waals surface area contributed by atoms with E-state index in [-0.39, 0.29) is 0 Å². The molecule has 0 aromatic rings. The van der Waals surface area contributed by atoms with Gasteiger partial charge in [0.25, 0.3) is 0 Å². The van der Waals surface area contributed by atoms with Crippen molar-refractivity contribution in [1.29, 1.82) is 5.26 Å². The van der Waals surface area contributed by atoms with Crippen LogP contribution in [0.25, 0.3) is 0 Å². The van der Waals surface area contributed by atoms with E-state index in [9.17, 15) is 0 Å². The molecule has 0 aliphatic carbocycles. The number of nitrogens with zero attached hydrogens (tertiary/aromatic N) is 1. The van der Waals surface area contributed by atoms with Crippen molar-refractivity contribution in [2.75, 3.05) is 0 Å². The van der Waals surface area contributed by atoms with E-state index in [1.165, 1.54) is 0 Å². The van der Waals surface area contributed by atoms with Crippen LogP contribution in [0, 0.1) is 249 Å². The Bertz CT molecular complexity index is 2290. The van der Waals surface area contributed by atoms with E-state index in [4.69, 9.17) is 11.7 Å². The van der Waals surface area contributed by atoms with E-state index >= 15 is 0 Å². The van der Waals surface area contributed by atoms with Gasteiger partial charge in [-0.1, -0.05) is 0 Å². The lowest BCUT2D eigenvalue weighted by atomic mass is 10.4. The molecule has 0 aromatic heterocycles. The lowest BCUT2D eigenvalue weighted by Crippen LogP contribution is -1.57. The van der Waals surface area contributed by atoms with Gasteiger partial charge >= 0.3 is 0 Å². The summed E-state index contributed by atoms with van der Waals surface area (Å²) in [5.74, 6) is 95.3. The Kier molecular flexibility index (Phi) is 24.7. The Balaban J connectivity index is 4.53. The zero-order chi connectivity index (χ0) is 30.3. The summed E-state index contributed by atoms with van der Waals surface area (Å²) in [6.45, 7) is 0. The van der Waals surface area contributed by atoms with Gasteiger partial charge in [0.15, 0.2) is 6.07 Å². The number of hydrogen-bond acceptors (Lipinski definition) is 1. The van der Waals surface area contributed by atoms with Gasteiger partial charge in [-0.3, -0.25) is 0 Å². The van der Waals surface area contributed by atoms with Crippen molar-refractivity contribution in [3.05, 3.63) is 0 Å². The fraction of sp³-hybridized carbons (Fsp3) is 0. The maximum Gasteiger partial charge on any atom is 0.153 e. The summed E-state index contributed by atoms with van der Waals surface area (Å²) in [6.07, 6.45) is 4.93. The Morgan fingerprint density at radius 3 is 0.429 bits per heavy atom. The summed E-state index contributed by atoms with van der Waals surface area (Å²) in [6, 6.07) is 1.62. The van der Waals surface area contributed by atoms with Gasteiger partial charge in [-0.15, -0.1) is 6.42 Å². The molecule has 0 heterocycles. The lowest BCUT2D eigenvalue weighted by molar-refractivity contribution is 1.55. The zero-order valence-corrected chi connectivity index (χ0v) is 21.0. The van der Waals surface area contributed by atoms with Gasteiger partial charge in [0.2, 0.25) is 0 Å². The second-order valence-corrected chi connectivity index (χ2v) is 5.01. The molecular weight excluding hydrogens is 506 g/mol. The molecule has 0 aliphatic rings. The van der Waals surface area contributed by atoms with Crippen LogP contribution in [0.4, 0.5) is 0 Å². The van der Waals surface area contributed by atoms with Gasteiger partial charge in [-0.25, -0.2) is 0 Å². The van der Waals surface area contributed by atoms with Gasteiger partial charge in [-0.2, -0.15) is 5.26 Å². The molecule has 0 amide bonds. The van der Waals surface area contributed by atoms with E-state index in [0.717, 1.165) is 0 Å². The Labute approximate surface area is 248 Å². The third-order valence-corrected chi connectivity index (χ3v) is 2.44. The van der Waals surface area contributed by atoms with Crippen LogP contribution in [0.2, 0.25) is 0 Å². The molecule has 0 spiro atoms. The van der Waals surface area contributed by atoms with Crippen LogP contribution in [0.1, 0.15) is 0 Å². The Hall–Kier alpha value is -9.31. The minimum Gasteiger partial charge on any atom is -0.183 e. The fourth-order valence-electron chi connectivity index (χ4n) is 1.19. The van der Waals surface area contributed by atoms with Crippen molar-refractivity contribution < 1.29 is 0 Å². The van der Waals surface area contributed by atoms with Crippen molar-refractivity contribution in [2.24, 2.45) is 0 Å². The third kappa shape index (κ3) is 30.7. The minimum absolute atomic E-state index is 1.62. The van der Waals surface area contributed by atoms with Crippen molar-refractivity contribution in [1.82, 2.24) is 0 Å². The van der Waals surface area contributed by atoms with Crippen LogP contribution >= 0.6 is 0 Å². The third-order valence-electron chi connectivity index (χ3n) is 2.44. The van der Waals surface area contributed by atoms with Crippen LogP contribution in [-0.4, -0.2) is 0 Å². The van der Waals surface area contributed by atoms with Gasteiger partial charge < -0.3 is 0 Å². The molecule has 0 N–H and O–H groups in total. The average molecular weight is 507 g/mol. The highest BCUT2D eigenvalue weighted by Crippen LogP contribution is 1.61. The maximum atomic E-state index is 8.17. The molecule has 0 radical (unpaired) electrons. The molecule has 0 saturated heterocycles. The molecule has 170 valence electrons. The van der Waals surface area contributed by atoms with Crippen molar-refractivity contribution in [3.63, 3.8) is 0 Å². The van der Waals surface area contributed by atoms with E-state index in [0.29, 0.717) is 0 Å². The summed E-state index contributed by atoms with van der Waals surface area (Å²) >= 11 is 0.